The summed E-state index contributed by atoms with van der Waals surface area (Å²) in [7, 11) is 1.83. The fourth-order valence-electron chi connectivity index (χ4n) is 3.82. The quantitative estimate of drug-likeness (QED) is 0.672. The third-order valence-corrected chi connectivity index (χ3v) is 5.38. The van der Waals surface area contributed by atoms with Crippen LogP contribution in [-0.4, -0.2) is 35.2 Å². The first-order valence-electron chi connectivity index (χ1n) is 9.70. The first-order chi connectivity index (χ1) is 13.6. The summed E-state index contributed by atoms with van der Waals surface area (Å²) in [6, 6.07) is 22.0. The highest BCUT2D eigenvalue weighted by Crippen LogP contribution is 2.21. The van der Waals surface area contributed by atoms with Crippen molar-refractivity contribution in [1.82, 2.24) is 9.80 Å². The van der Waals surface area contributed by atoms with Crippen molar-refractivity contribution in [2.24, 2.45) is 0 Å². The first-order valence-corrected chi connectivity index (χ1v) is 9.70. The molecule has 1 saturated heterocycles. The van der Waals surface area contributed by atoms with E-state index in [2.05, 4.69) is 24.3 Å². The number of fused-ring (bicyclic) bond motifs is 1. The highest BCUT2D eigenvalue weighted by Gasteiger charge is 2.20. The summed E-state index contributed by atoms with van der Waals surface area (Å²) in [5, 5.41) is 2.36. The molecule has 0 spiro atoms. The molecule has 3 aromatic carbocycles. The van der Waals surface area contributed by atoms with Crippen LogP contribution in [0, 0.1) is 0 Å². The van der Waals surface area contributed by atoms with E-state index in [1.165, 1.54) is 10.8 Å². The second-order valence-corrected chi connectivity index (χ2v) is 7.42. The summed E-state index contributed by atoms with van der Waals surface area (Å²) in [6.45, 7) is 2.01. The van der Waals surface area contributed by atoms with Crippen LogP contribution >= 0.6 is 0 Å². The van der Waals surface area contributed by atoms with Gasteiger partial charge in [-0.25, -0.2) is 0 Å². The van der Waals surface area contributed by atoms with Gasteiger partial charge in [-0.1, -0.05) is 54.6 Å². The van der Waals surface area contributed by atoms with Crippen LogP contribution in [0.2, 0.25) is 0 Å². The highest BCUT2D eigenvalue weighted by atomic mass is 16.2. The maximum Gasteiger partial charge on any atom is 0.253 e. The van der Waals surface area contributed by atoms with E-state index in [1.807, 2.05) is 54.4 Å². The average molecular weight is 372 g/mol. The number of nitrogens with zero attached hydrogens (tertiary/aromatic N) is 2. The summed E-state index contributed by atoms with van der Waals surface area (Å²) in [4.78, 5) is 28.3. The minimum Gasteiger partial charge on any atom is -0.338 e. The molecule has 0 atom stereocenters. The lowest BCUT2D eigenvalue weighted by molar-refractivity contribution is -0.128. The maximum atomic E-state index is 12.9. The lowest BCUT2D eigenvalue weighted by Crippen LogP contribution is -2.26. The molecule has 1 aliphatic heterocycles. The molecule has 1 heterocycles. The van der Waals surface area contributed by atoms with Gasteiger partial charge in [-0.2, -0.15) is 0 Å². The van der Waals surface area contributed by atoms with Crippen LogP contribution < -0.4 is 0 Å². The summed E-state index contributed by atoms with van der Waals surface area (Å²) in [5.74, 6) is 0.215. The van der Waals surface area contributed by atoms with Crippen molar-refractivity contribution in [3.8, 4) is 0 Å². The van der Waals surface area contributed by atoms with Crippen LogP contribution in [0.1, 0.15) is 34.3 Å². The zero-order valence-electron chi connectivity index (χ0n) is 16.1. The largest absolute Gasteiger partial charge is 0.338 e. The summed E-state index contributed by atoms with van der Waals surface area (Å²) >= 11 is 0. The molecule has 142 valence electrons. The van der Waals surface area contributed by atoms with Crippen molar-refractivity contribution < 1.29 is 9.59 Å². The molecule has 3 aromatic rings. The fourth-order valence-corrected chi connectivity index (χ4v) is 3.82. The average Bonchev–Trinajstić information content (AvgIpc) is 3.13. The van der Waals surface area contributed by atoms with Crippen LogP contribution in [0.5, 0.6) is 0 Å². The molecule has 4 heteroatoms. The summed E-state index contributed by atoms with van der Waals surface area (Å²) in [5.41, 5.74) is 2.86. The predicted octanol–water partition coefficient (Wildman–Crippen LogP) is 4.23. The Bertz CT molecular complexity index is 1010. The van der Waals surface area contributed by atoms with Gasteiger partial charge in [0.05, 0.1) is 0 Å². The van der Waals surface area contributed by atoms with Gasteiger partial charge in [0.2, 0.25) is 5.91 Å². The monoisotopic (exact) mass is 372 g/mol. The molecule has 1 fully saturated rings. The van der Waals surface area contributed by atoms with Crippen LogP contribution in [0.15, 0.2) is 66.7 Å². The molecule has 0 radical (unpaired) electrons. The molecule has 0 unspecified atom stereocenters. The summed E-state index contributed by atoms with van der Waals surface area (Å²) < 4.78 is 0. The molecule has 1 aliphatic rings. The van der Waals surface area contributed by atoms with Crippen LogP contribution in [0.4, 0.5) is 0 Å². The van der Waals surface area contributed by atoms with Crippen LogP contribution in [0.25, 0.3) is 10.8 Å². The van der Waals surface area contributed by atoms with Crippen LogP contribution in [-0.2, 0) is 17.9 Å². The number of hydrogen-bond acceptors (Lipinski definition) is 2. The zero-order chi connectivity index (χ0) is 19.5. The topological polar surface area (TPSA) is 40.6 Å². The lowest BCUT2D eigenvalue weighted by atomic mass is 10.0. The minimum atomic E-state index is -0.00302. The Morgan fingerprint density at radius 3 is 2.50 bits per heavy atom. The number of rotatable bonds is 5. The zero-order valence-corrected chi connectivity index (χ0v) is 16.1. The van der Waals surface area contributed by atoms with Crippen molar-refractivity contribution in [1.29, 1.82) is 0 Å². The van der Waals surface area contributed by atoms with E-state index in [-0.39, 0.29) is 11.8 Å². The van der Waals surface area contributed by atoms with Gasteiger partial charge < -0.3 is 9.80 Å². The smallest absolute Gasteiger partial charge is 0.253 e. The van der Waals surface area contributed by atoms with Crippen molar-refractivity contribution >= 4 is 22.6 Å². The van der Waals surface area contributed by atoms with Gasteiger partial charge in [-0.15, -0.1) is 0 Å². The van der Waals surface area contributed by atoms with Gasteiger partial charge in [-0.3, -0.25) is 9.59 Å². The maximum absolute atomic E-state index is 12.9. The normalized spacial score (nSPS) is 13.9. The van der Waals surface area contributed by atoms with Gasteiger partial charge >= 0.3 is 0 Å². The molecular formula is C24H24N2O2. The Kier molecular flexibility index (Phi) is 5.11. The third kappa shape index (κ3) is 3.77. The second-order valence-electron chi connectivity index (χ2n) is 7.42. The Morgan fingerprint density at radius 2 is 1.75 bits per heavy atom. The fraction of sp³-hybridized carbons (Fsp3) is 0.250. The Morgan fingerprint density at radius 1 is 1.00 bits per heavy atom. The SMILES string of the molecule is CN(Cc1cccc2ccccc12)C(=O)c1ccc(CN2CCCC2=O)cc1. The number of amides is 2. The van der Waals surface area contributed by atoms with Crippen molar-refractivity contribution in [2.75, 3.05) is 13.6 Å². The molecule has 4 nitrogen and oxygen atoms in total. The molecule has 0 saturated carbocycles. The van der Waals surface area contributed by atoms with Gasteiger partial charge in [0.25, 0.3) is 5.91 Å². The van der Waals surface area contributed by atoms with E-state index in [0.29, 0.717) is 25.1 Å². The van der Waals surface area contributed by atoms with E-state index in [4.69, 9.17) is 0 Å². The highest BCUT2D eigenvalue weighted by molar-refractivity contribution is 5.94. The molecule has 4 rings (SSSR count). The summed E-state index contributed by atoms with van der Waals surface area (Å²) in [6.07, 6.45) is 1.59. The number of benzene rings is 3. The first kappa shape index (κ1) is 18.2. The predicted molar refractivity (Wildman–Crippen MR) is 111 cm³/mol. The van der Waals surface area contributed by atoms with E-state index >= 15 is 0 Å². The number of hydrogen-bond donors (Lipinski definition) is 0. The number of likely N-dealkylation sites (tertiary alicyclic amines) is 1. The van der Waals surface area contributed by atoms with Crippen LogP contribution in [0.3, 0.4) is 0 Å². The molecule has 0 aliphatic carbocycles. The van der Waals surface area contributed by atoms with Gasteiger partial charge in [0, 0.05) is 38.7 Å². The van der Waals surface area contributed by atoms with E-state index < -0.39 is 0 Å². The Hall–Kier alpha value is -3.14. The molecular weight excluding hydrogens is 348 g/mol. The van der Waals surface area contributed by atoms with Gasteiger partial charge in [0.15, 0.2) is 0 Å². The minimum absolute atomic E-state index is 0.00302. The molecule has 2 amide bonds. The Labute approximate surface area is 165 Å². The van der Waals surface area contributed by atoms with Gasteiger partial charge in [-0.05, 0) is 40.5 Å². The lowest BCUT2D eigenvalue weighted by Gasteiger charge is -2.19. The van der Waals surface area contributed by atoms with Crippen molar-refractivity contribution in [3.05, 3.63) is 83.4 Å². The molecule has 0 bridgehead atoms. The Balaban J connectivity index is 1.45. The van der Waals surface area contributed by atoms with Crippen molar-refractivity contribution in [2.45, 2.75) is 25.9 Å². The molecule has 0 N–H and O–H groups in total. The molecule has 28 heavy (non-hydrogen) atoms. The van der Waals surface area contributed by atoms with E-state index in [9.17, 15) is 9.59 Å². The van der Waals surface area contributed by atoms with Gasteiger partial charge in [0.1, 0.15) is 0 Å². The molecule has 0 aromatic heterocycles. The van der Waals surface area contributed by atoms with Crippen molar-refractivity contribution in [3.63, 3.8) is 0 Å². The van der Waals surface area contributed by atoms with E-state index in [0.717, 1.165) is 24.1 Å². The standard InChI is InChI=1S/C24H24N2O2/c1-25(17-21-8-4-7-19-6-2-3-9-22(19)21)24(28)20-13-11-18(12-14-20)16-26-15-5-10-23(26)27/h2-4,6-9,11-14H,5,10,15-17H2,1H3. The number of carbonyl (C=O) groups excluding carboxylic acids is 2. The third-order valence-electron chi connectivity index (χ3n) is 5.38. The number of carbonyl (C=O) groups is 2. The van der Waals surface area contributed by atoms with E-state index in [1.54, 1.807) is 4.90 Å². The second kappa shape index (κ2) is 7.85.